The number of anilines is 1. The minimum Gasteiger partial charge on any atom is -0.424 e. The maximum absolute atomic E-state index is 13.9. The predicted octanol–water partition coefficient (Wildman–Crippen LogP) is 5.69. The van der Waals surface area contributed by atoms with Gasteiger partial charge in [0.2, 0.25) is 0 Å². The topological polar surface area (TPSA) is 71.3 Å². The smallest absolute Gasteiger partial charge is 0.295 e. The lowest BCUT2D eigenvalue weighted by Gasteiger charge is -2.40. The molecule has 0 saturated carbocycles. The maximum Gasteiger partial charge on any atom is 0.295 e. The van der Waals surface area contributed by atoms with E-state index in [0.29, 0.717) is 41.7 Å². The van der Waals surface area contributed by atoms with Crippen molar-refractivity contribution in [1.29, 1.82) is 0 Å². The first-order chi connectivity index (χ1) is 16.5. The Morgan fingerprint density at radius 3 is 2.91 bits per heavy atom. The van der Waals surface area contributed by atoms with Crippen LogP contribution in [-0.4, -0.2) is 39.9 Å². The summed E-state index contributed by atoms with van der Waals surface area (Å²) in [6.07, 6.45) is 3.73. The standard InChI is InChI=1S/C27H27FN4O2/c1-17-8-10-20(22-7-3-4-12-29-22)21(14-17)26(33)32-13-5-6-18(2)24(32)16-30-27-31-23-15-19(28)9-11-25(23)34-27/h3-4,7-12,14-15,18,24H,5-6,13,16H2,1-2H3,(H,30,31)/t18-,24-/m1/s1. The van der Waals surface area contributed by atoms with Gasteiger partial charge in [0.15, 0.2) is 5.58 Å². The van der Waals surface area contributed by atoms with Crippen molar-refractivity contribution in [3.63, 3.8) is 0 Å². The Kier molecular flexibility index (Phi) is 6.01. The van der Waals surface area contributed by atoms with Crippen LogP contribution >= 0.6 is 0 Å². The number of nitrogens with zero attached hydrogens (tertiary/aromatic N) is 3. The van der Waals surface area contributed by atoms with Crippen LogP contribution in [0.25, 0.3) is 22.4 Å². The summed E-state index contributed by atoms with van der Waals surface area (Å²) in [6, 6.07) is 16.2. The van der Waals surface area contributed by atoms with Crippen LogP contribution in [0.1, 0.15) is 35.7 Å². The first kappa shape index (κ1) is 22.1. The van der Waals surface area contributed by atoms with E-state index in [1.807, 2.05) is 48.2 Å². The number of carbonyl (C=O) groups is 1. The van der Waals surface area contributed by atoms with Gasteiger partial charge in [-0.2, -0.15) is 4.98 Å². The highest BCUT2D eigenvalue weighted by Gasteiger charge is 2.33. The summed E-state index contributed by atoms with van der Waals surface area (Å²) in [5, 5.41) is 3.24. The number of hydrogen-bond acceptors (Lipinski definition) is 5. The molecule has 0 bridgehead atoms. The summed E-state index contributed by atoms with van der Waals surface area (Å²) < 4.78 is 19.2. The van der Waals surface area contributed by atoms with Crippen molar-refractivity contribution in [3.8, 4) is 11.3 Å². The Morgan fingerprint density at radius 1 is 1.21 bits per heavy atom. The van der Waals surface area contributed by atoms with Gasteiger partial charge in [-0.25, -0.2) is 4.39 Å². The number of halogens is 1. The molecule has 3 heterocycles. The molecule has 6 nitrogen and oxygen atoms in total. The van der Waals surface area contributed by atoms with E-state index in [0.717, 1.165) is 29.7 Å². The van der Waals surface area contributed by atoms with Crippen LogP contribution in [0.3, 0.4) is 0 Å². The third-order valence-electron chi connectivity index (χ3n) is 6.53. The molecule has 174 valence electrons. The van der Waals surface area contributed by atoms with E-state index in [1.54, 1.807) is 12.3 Å². The average molecular weight is 459 g/mol. The molecule has 2 aromatic heterocycles. The number of pyridine rings is 1. The summed E-state index contributed by atoms with van der Waals surface area (Å²) in [7, 11) is 0. The van der Waals surface area contributed by atoms with Crippen LogP contribution in [-0.2, 0) is 0 Å². The molecule has 1 aliphatic heterocycles. The minimum absolute atomic E-state index is 0.00217. The van der Waals surface area contributed by atoms with E-state index in [-0.39, 0.29) is 17.8 Å². The van der Waals surface area contributed by atoms with Gasteiger partial charge in [-0.3, -0.25) is 9.78 Å². The van der Waals surface area contributed by atoms with Gasteiger partial charge in [-0.15, -0.1) is 0 Å². The molecule has 4 aromatic rings. The lowest BCUT2D eigenvalue weighted by atomic mass is 9.89. The number of aromatic nitrogens is 2. The van der Waals surface area contributed by atoms with Gasteiger partial charge in [0, 0.05) is 36.5 Å². The predicted molar refractivity (Wildman–Crippen MR) is 130 cm³/mol. The molecule has 0 unspecified atom stereocenters. The highest BCUT2D eigenvalue weighted by molar-refractivity contribution is 6.01. The molecule has 0 spiro atoms. The summed E-state index contributed by atoms with van der Waals surface area (Å²) in [5.41, 5.74) is 4.29. The number of amides is 1. The normalized spacial score (nSPS) is 18.3. The first-order valence-corrected chi connectivity index (χ1v) is 11.6. The molecule has 2 atom stereocenters. The molecular formula is C27H27FN4O2. The Morgan fingerprint density at radius 2 is 2.09 bits per heavy atom. The summed E-state index contributed by atoms with van der Waals surface area (Å²) in [5.74, 6) is -0.0515. The number of hydrogen-bond donors (Lipinski definition) is 1. The van der Waals surface area contributed by atoms with Crippen LogP contribution in [0.5, 0.6) is 0 Å². The molecule has 1 saturated heterocycles. The second kappa shape index (κ2) is 9.25. The van der Waals surface area contributed by atoms with E-state index in [4.69, 9.17) is 4.42 Å². The highest BCUT2D eigenvalue weighted by atomic mass is 19.1. The number of fused-ring (bicyclic) bond motifs is 1. The molecule has 1 N–H and O–H groups in total. The molecule has 1 amide bonds. The highest BCUT2D eigenvalue weighted by Crippen LogP contribution is 2.30. The van der Waals surface area contributed by atoms with Crippen LogP contribution in [0.4, 0.5) is 10.4 Å². The SMILES string of the molecule is Cc1ccc(-c2ccccn2)c(C(=O)N2CCC[C@@H](C)[C@H]2CNc2nc3cc(F)ccc3o2)c1. The van der Waals surface area contributed by atoms with Crippen molar-refractivity contribution in [2.75, 3.05) is 18.4 Å². The van der Waals surface area contributed by atoms with Gasteiger partial charge >= 0.3 is 0 Å². The van der Waals surface area contributed by atoms with Crippen LogP contribution < -0.4 is 5.32 Å². The third-order valence-corrected chi connectivity index (χ3v) is 6.53. The number of benzene rings is 2. The Bertz CT molecular complexity index is 1320. The average Bonchev–Trinajstić information content (AvgIpc) is 3.25. The molecular weight excluding hydrogens is 431 g/mol. The zero-order chi connectivity index (χ0) is 23.7. The number of likely N-dealkylation sites (tertiary alicyclic amines) is 1. The lowest BCUT2D eigenvalue weighted by molar-refractivity contribution is 0.0540. The lowest BCUT2D eigenvalue weighted by Crippen LogP contribution is -2.51. The van der Waals surface area contributed by atoms with E-state index < -0.39 is 0 Å². The number of nitrogens with one attached hydrogen (secondary N) is 1. The fraction of sp³-hybridized carbons (Fsp3) is 0.296. The summed E-state index contributed by atoms with van der Waals surface area (Å²) >= 11 is 0. The number of rotatable bonds is 5. The zero-order valence-corrected chi connectivity index (χ0v) is 19.3. The van der Waals surface area contributed by atoms with Crippen LogP contribution in [0.2, 0.25) is 0 Å². The number of piperidine rings is 1. The Labute approximate surface area is 197 Å². The van der Waals surface area contributed by atoms with Gasteiger partial charge in [0.25, 0.3) is 11.9 Å². The fourth-order valence-electron chi connectivity index (χ4n) is 4.72. The second-order valence-corrected chi connectivity index (χ2v) is 8.96. The van der Waals surface area contributed by atoms with E-state index in [9.17, 15) is 9.18 Å². The van der Waals surface area contributed by atoms with Crippen molar-refractivity contribution < 1.29 is 13.6 Å². The number of aryl methyl sites for hydroxylation is 1. The summed E-state index contributed by atoms with van der Waals surface area (Å²) in [6.45, 7) is 5.34. The molecule has 34 heavy (non-hydrogen) atoms. The maximum atomic E-state index is 13.9. The molecule has 7 heteroatoms. The summed E-state index contributed by atoms with van der Waals surface area (Å²) in [4.78, 5) is 24.7. The van der Waals surface area contributed by atoms with Crippen LogP contribution in [0, 0.1) is 18.7 Å². The molecule has 5 rings (SSSR count). The number of carbonyl (C=O) groups excluding carboxylic acids is 1. The Balaban J connectivity index is 1.41. The molecule has 2 aromatic carbocycles. The molecule has 0 aliphatic carbocycles. The largest absolute Gasteiger partial charge is 0.424 e. The number of oxazole rings is 1. The van der Waals surface area contributed by atoms with Crippen LogP contribution in [0.15, 0.2) is 65.2 Å². The second-order valence-electron chi connectivity index (χ2n) is 8.96. The van der Waals surface area contributed by atoms with Crippen molar-refractivity contribution >= 4 is 23.0 Å². The minimum atomic E-state index is -0.355. The molecule has 1 aliphatic rings. The zero-order valence-electron chi connectivity index (χ0n) is 19.3. The van der Waals surface area contributed by atoms with E-state index in [1.165, 1.54) is 12.1 Å². The quantitative estimate of drug-likeness (QED) is 0.416. The van der Waals surface area contributed by atoms with Crippen molar-refractivity contribution in [3.05, 3.63) is 77.7 Å². The van der Waals surface area contributed by atoms with E-state index >= 15 is 0 Å². The third kappa shape index (κ3) is 4.38. The van der Waals surface area contributed by atoms with Gasteiger partial charge in [-0.1, -0.05) is 30.7 Å². The fourth-order valence-corrected chi connectivity index (χ4v) is 4.72. The first-order valence-electron chi connectivity index (χ1n) is 11.6. The monoisotopic (exact) mass is 458 g/mol. The van der Waals surface area contributed by atoms with E-state index in [2.05, 4.69) is 22.2 Å². The van der Waals surface area contributed by atoms with Crippen molar-refractivity contribution in [1.82, 2.24) is 14.9 Å². The van der Waals surface area contributed by atoms with Gasteiger partial charge in [-0.05, 0) is 56.0 Å². The van der Waals surface area contributed by atoms with Crippen molar-refractivity contribution in [2.45, 2.75) is 32.7 Å². The van der Waals surface area contributed by atoms with Gasteiger partial charge in [0.1, 0.15) is 11.3 Å². The molecule has 0 radical (unpaired) electrons. The Hall–Kier alpha value is -3.74. The molecule has 1 fully saturated rings. The van der Waals surface area contributed by atoms with Gasteiger partial charge in [0.05, 0.1) is 11.7 Å². The van der Waals surface area contributed by atoms with Gasteiger partial charge < -0.3 is 14.6 Å². The van der Waals surface area contributed by atoms with Crippen molar-refractivity contribution in [2.24, 2.45) is 5.92 Å².